The summed E-state index contributed by atoms with van der Waals surface area (Å²) in [5.74, 6) is -0.761. The lowest BCUT2D eigenvalue weighted by atomic mass is 10.2. The van der Waals surface area contributed by atoms with Crippen LogP contribution in [0.5, 0.6) is 0 Å². The Morgan fingerprint density at radius 2 is 2.00 bits per heavy atom. The van der Waals surface area contributed by atoms with Crippen molar-refractivity contribution in [3.8, 4) is 0 Å². The lowest BCUT2D eigenvalue weighted by Gasteiger charge is -2.21. The van der Waals surface area contributed by atoms with E-state index in [9.17, 15) is 14.7 Å². The number of carboxylic acid groups (broad SMARTS) is 1. The molecule has 1 aromatic rings. The van der Waals surface area contributed by atoms with Gasteiger partial charge in [-0.1, -0.05) is 22.9 Å². The maximum atomic E-state index is 11.7. The molecule has 22 heavy (non-hydrogen) atoms. The summed E-state index contributed by atoms with van der Waals surface area (Å²) in [6.45, 7) is 3.22. The second kappa shape index (κ2) is 9.16. The second-order valence-corrected chi connectivity index (χ2v) is 5.64. The minimum atomic E-state index is -1.11. The van der Waals surface area contributed by atoms with Crippen LogP contribution >= 0.6 is 11.8 Å². The second-order valence-electron chi connectivity index (χ2n) is 4.61. The average molecular weight is 324 g/mol. The van der Waals surface area contributed by atoms with Crippen molar-refractivity contribution in [2.75, 3.05) is 18.7 Å². The van der Waals surface area contributed by atoms with Gasteiger partial charge in [0.05, 0.1) is 5.69 Å². The summed E-state index contributed by atoms with van der Waals surface area (Å²) in [4.78, 5) is 23.0. The van der Waals surface area contributed by atoms with Crippen LogP contribution in [0.15, 0.2) is 34.6 Å². The van der Waals surface area contributed by atoms with Gasteiger partial charge in [-0.25, -0.2) is 4.79 Å². The number of benzene rings is 1. The quantitative estimate of drug-likeness (QED) is 0.331. The molecule has 1 aromatic carbocycles. The number of nitrogens with one attached hydrogen (secondary N) is 1. The van der Waals surface area contributed by atoms with Crippen molar-refractivity contribution in [2.24, 2.45) is 10.3 Å². The molecule has 1 atom stereocenters. The van der Waals surface area contributed by atoms with Gasteiger partial charge in [-0.3, -0.25) is 4.79 Å². The minimum absolute atomic E-state index is 0.225. The van der Waals surface area contributed by atoms with Gasteiger partial charge in [-0.15, -0.1) is 16.9 Å². The number of amides is 1. The van der Waals surface area contributed by atoms with Crippen LogP contribution in [0.4, 0.5) is 5.69 Å². The predicted molar refractivity (Wildman–Crippen MR) is 86.0 cm³/mol. The monoisotopic (exact) mass is 324 g/mol. The van der Waals surface area contributed by atoms with E-state index < -0.39 is 17.9 Å². The fraction of sp³-hybridized carbons (Fsp3) is 0.429. The van der Waals surface area contributed by atoms with Gasteiger partial charge < -0.3 is 10.4 Å². The van der Waals surface area contributed by atoms with Crippen LogP contribution in [-0.4, -0.2) is 46.7 Å². The van der Waals surface area contributed by atoms with Crippen LogP contribution in [0, 0.1) is 6.92 Å². The van der Waals surface area contributed by atoms with E-state index in [1.54, 1.807) is 19.2 Å². The van der Waals surface area contributed by atoms with E-state index in [0.29, 0.717) is 11.6 Å². The molecule has 7 nitrogen and oxygen atoms in total. The smallest absolute Gasteiger partial charge is 0.329 e. The average Bonchev–Trinajstić information content (AvgIpc) is 2.47. The topological polar surface area (TPSA) is 94.4 Å². The zero-order chi connectivity index (χ0) is 16.5. The van der Waals surface area contributed by atoms with Gasteiger partial charge in [0.15, 0.2) is 6.04 Å². The molecule has 1 amide bonds. The number of aliphatic carboxylic acids is 1. The first-order valence-corrected chi connectivity index (χ1v) is 7.84. The normalized spacial score (nSPS) is 12.3. The number of hydrogen-bond donors (Lipinski definition) is 2. The Morgan fingerprint density at radius 3 is 2.50 bits per heavy atom. The van der Waals surface area contributed by atoms with Crippen molar-refractivity contribution in [2.45, 2.75) is 19.9 Å². The Morgan fingerprint density at radius 1 is 1.36 bits per heavy atom. The van der Waals surface area contributed by atoms with Crippen LogP contribution in [0.2, 0.25) is 0 Å². The first-order valence-electron chi connectivity index (χ1n) is 6.69. The summed E-state index contributed by atoms with van der Waals surface area (Å²) in [7, 11) is 1.77. The summed E-state index contributed by atoms with van der Waals surface area (Å²) in [6.07, 6.45) is 0. The molecule has 0 saturated carbocycles. The van der Waals surface area contributed by atoms with E-state index in [0.717, 1.165) is 10.6 Å². The van der Waals surface area contributed by atoms with Crippen molar-refractivity contribution < 1.29 is 14.7 Å². The molecule has 0 spiro atoms. The molecule has 8 heteroatoms. The molecule has 0 aliphatic carbocycles. The Bertz CT molecular complexity index is 533. The lowest BCUT2D eigenvalue weighted by molar-refractivity contribution is -0.148. The molecule has 0 saturated heterocycles. The van der Waals surface area contributed by atoms with Crippen molar-refractivity contribution in [1.82, 2.24) is 10.3 Å². The largest absolute Gasteiger partial charge is 0.480 e. The number of carbonyl (C=O) groups is 2. The molecule has 0 bridgehead atoms. The third-order valence-corrected chi connectivity index (χ3v) is 3.76. The van der Waals surface area contributed by atoms with E-state index in [4.69, 9.17) is 0 Å². The zero-order valence-corrected chi connectivity index (χ0v) is 13.6. The third kappa shape index (κ3) is 5.82. The van der Waals surface area contributed by atoms with Crippen molar-refractivity contribution in [3.05, 3.63) is 29.8 Å². The Hall–Kier alpha value is -1.93. The highest BCUT2D eigenvalue weighted by Crippen LogP contribution is 2.16. The fourth-order valence-electron chi connectivity index (χ4n) is 1.58. The molecule has 120 valence electrons. The highest BCUT2D eigenvalue weighted by Gasteiger charge is 2.28. The van der Waals surface area contributed by atoms with E-state index in [-0.39, 0.29) is 5.75 Å². The standard InChI is InChI=1S/C14H20N4O3S/c1-10-4-6-12(7-5-10)16-17-18(11(2)19)13(14(20)21)8-22-9-15-3/h4-7,13,15H,8-9H2,1-3H3,(H,20,21). The third-order valence-electron chi connectivity index (χ3n) is 2.72. The summed E-state index contributed by atoms with van der Waals surface area (Å²) in [5.41, 5.74) is 1.64. The van der Waals surface area contributed by atoms with Crippen molar-refractivity contribution >= 4 is 29.3 Å². The number of nitrogens with zero attached hydrogens (tertiary/aromatic N) is 3. The van der Waals surface area contributed by atoms with E-state index in [1.807, 2.05) is 19.1 Å². The van der Waals surface area contributed by atoms with Gasteiger partial charge in [0.1, 0.15) is 0 Å². The van der Waals surface area contributed by atoms with Crippen LogP contribution in [0.25, 0.3) is 0 Å². The minimum Gasteiger partial charge on any atom is -0.480 e. The van der Waals surface area contributed by atoms with Gasteiger partial charge in [0, 0.05) is 18.6 Å². The lowest BCUT2D eigenvalue weighted by Crippen LogP contribution is -2.42. The van der Waals surface area contributed by atoms with Crippen LogP contribution in [0.1, 0.15) is 12.5 Å². The van der Waals surface area contributed by atoms with E-state index in [2.05, 4.69) is 15.7 Å². The maximum absolute atomic E-state index is 11.7. The molecule has 0 radical (unpaired) electrons. The molecule has 0 aliphatic heterocycles. The molecule has 1 unspecified atom stereocenters. The first-order chi connectivity index (χ1) is 10.5. The molecule has 0 fully saturated rings. The maximum Gasteiger partial charge on any atom is 0.329 e. The number of thioether (sulfide) groups is 1. The Balaban J connectivity index is 2.87. The van der Waals surface area contributed by atoms with Crippen LogP contribution in [0.3, 0.4) is 0 Å². The summed E-state index contributed by atoms with van der Waals surface area (Å²) in [5, 5.41) is 20.9. The summed E-state index contributed by atoms with van der Waals surface area (Å²) >= 11 is 1.37. The molecular weight excluding hydrogens is 304 g/mol. The summed E-state index contributed by atoms with van der Waals surface area (Å²) in [6, 6.07) is 6.18. The highest BCUT2D eigenvalue weighted by atomic mass is 32.2. The van der Waals surface area contributed by atoms with Crippen LogP contribution < -0.4 is 5.32 Å². The molecule has 0 heterocycles. The number of carboxylic acids is 1. The van der Waals surface area contributed by atoms with Crippen LogP contribution in [-0.2, 0) is 9.59 Å². The Labute approximate surface area is 133 Å². The number of carbonyl (C=O) groups excluding carboxylic acids is 1. The molecule has 0 aromatic heterocycles. The van der Waals surface area contributed by atoms with E-state index in [1.165, 1.54) is 18.7 Å². The zero-order valence-electron chi connectivity index (χ0n) is 12.8. The predicted octanol–water partition coefficient (Wildman–Crippen LogP) is 2.21. The van der Waals surface area contributed by atoms with Gasteiger partial charge >= 0.3 is 5.97 Å². The van der Waals surface area contributed by atoms with E-state index >= 15 is 0 Å². The molecular formula is C14H20N4O3S. The van der Waals surface area contributed by atoms with Gasteiger partial charge in [-0.2, -0.15) is 5.01 Å². The summed E-state index contributed by atoms with van der Waals surface area (Å²) < 4.78 is 0. The highest BCUT2D eigenvalue weighted by molar-refractivity contribution is 7.99. The number of hydrogen-bond acceptors (Lipinski definition) is 6. The number of aryl methyl sites for hydroxylation is 1. The van der Waals surface area contributed by atoms with Gasteiger partial charge in [0.25, 0.3) is 0 Å². The first kappa shape index (κ1) is 18.1. The van der Waals surface area contributed by atoms with Crippen molar-refractivity contribution in [1.29, 1.82) is 0 Å². The fourth-order valence-corrected chi connectivity index (χ4v) is 2.40. The van der Waals surface area contributed by atoms with Crippen molar-refractivity contribution in [3.63, 3.8) is 0 Å². The molecule has 1 rings (SSSR count). The Kier molecular flexibility index (Phi) is 7.55. The molecule has 2 N–H and O–H groups in total. The number of rotatable bonds is 8. The van der Waals surface area contributed by atoms with Gasteiger partial charge in [-0.05, 0) is 26.1 Å². The SMILES string of the molecule is CNCSCC(C(=O)O)N(N=Nc1ccc(C)cc1)C(C)=O. The van der Waals surface area contributed by atoms with Gasteiger partial charge in [0.2, 0.25) is 5.91 Å². The molecule has 0 aliphatic rings.